The van der Waals surface area contributed by atoms with Crippen molar-refractivity contribution >= 4 is 5.78 Å². The third-order valence-electron chi connectivity index (χ3n) is 7.65. The number of hydrogen-bond donors (Lipinski definition) is 1. The molecule has 1 unspecified atom stereocenters. The second-order valence-corrected chi connectivity index (χ2v) is 8.82. The highest BCUT2D eigenvalue weighted by Gasteiger charge is 2.63. The Morgan fingerprint density at radius 3 is 2.68 bits per heavy atom. The molecular weight excluding hydrogens is 312 g/mol. The van der Waals surface area contributed by atoms with Gasteiger partial charge >= 0.3 is 0 Å². The van der Waals surface area contributed by atoms with E-state index >= 15 is 0 Å². The minimum atomic E-state index is -0.543. The van der Waals surface area contributed by atoms with Gasteiger partial charge in [-0.3, -0.25) is 4.79 Å². The van der Waals surface area contributed by atoms with Crippen molar-refractivity contribution in [3.8, 4) is 0 Å². The van der Waals surface area contributed by atoms with Crippen molar-refractivity contribution in [1.82, 2.24) is 0 Å². The van der Waals surface area contributed by atoms with E-state index in [0.29, 0.717) is 12.0 Å². The quantitative estimate of drug-likeness (QED) is 0.735. The van der Waals surface area contributed by atoms with Crippen molar-refractivity contribution in [3.63, 3.8) is 0 Å². The highest BCUT2D eigenvalue weighted by Crippen LogP contribution is 2.65. The fraction of sp³-hybridized carbons (Fsp3) is 0.591. The number of rotatable bonds is 1. The Bertz CT molecular complexity index is 742. The van der Waals surface area contributed by atoms with E-state index < -0.39 is 11.5 Å². The van der Waals surface area contributed by atoms with Gasteiger partial charge in [0.1, 0.15) is 0 Å². The average molecular weight is 340 g/mol. The minimum Gasteiger partial charge on any atom is -0.501 e. The van der Waals surface area contributed by atoms with Crippen molar-refractivity contribution in [1.29, 1.82) is 0 Å². The van der Waals surface area contributed by atoms with E-state index in [2.05, 4.69) is 32.2 Å². The van der Waals surface area contributed by atoms with Crippen molar-refractivity contribution in [2.24, 2.45) is 28.6 Å². The zero-order valence-corrected chi connectivity index (χ0v) is 15.5. The summed E-state index contributed by atoms with van der Waals surface area (Å²) in [6.07, 6.45) is 7.25. The molecule has 0 saturated heterocycles. The number of ketones is 1. The molecule has 6 atom stereocenters. The molecule has 2 fully saturated rings. The number of fused-ring (bicyclic) bond motifs is 5. The number of hydrogen-bond acceptors (Lipinski definition) is 3. The number of methoxy groups -OCH3 is 1. The number of allylic oxidation sites excluding steroid dienone is 6. The molecule has 0 heterocycles. The SMILES string of the molecule is C=C1C(=C)[C@H]2[C@@H]3CC=C4C=C(OC)CC[C@]4(C)[C@@H]3C(O)C[C@]2(C)C1=O. The molecular formula is C22H28O3. The van der Waals surface area contributed by atoms with Crippen LogP contribution in [0.2, 0.25) is 0 Å². The van der Waals surface area contributed by atoms with Crippen molar-refractivity contribution in [3.05, 3.63) is 47.8 Å². The molecule has 2 saturated carbocycles. The normalized spacial score (nSPS) is 46.0. The van der Waals surface area contributed by atoms with E-state index in [1.165, 1.54) is 5.57 Å². The van der Waals surface area contributed by atoms with E-state index in [1.807, 2.05) is 6.92 Å². The maximum Gasteiger partial charge on any atom is 0.169 e. The van der Waals surface area contributed by atoms with Crippen molar-refractivity contribution in [2.45, 2.75) is 45.6 Å². The van der Waals surface area contributed by atoms with E-state index in [0.717, 1.165) is 30.6 Å². The highest BCUT2D eigenvalue weighted by molar-refractivity contribution is 6.07. The van der Waals surface area contributed by atoms with Gasteiger partial charge in [0.15, 0.2) is 5.78 Å². The van der Waals surface area contributed by atoms with Crippen LogP contribution in [0.1, 0.15) is 39.5 Å². The lowest BCUT2D eigenvalue weighted by Crippen LogP contribution is -2.55. The Morgan fingerprint density at radius 1 is 1.28 bits per heavy atom. The van der Waals surface area contributed by atoms with Gasteiger partial charge in [-0.15, -0.1) is 0 Å². The Hall–Kier alpha value is -1.61. The van der Waals surface area contributed by atoms with Gasteiger partial charge in [0.25, 0.3) is 0 Å². The smallest absolute Gasteiger partial charge is 0.169 e. The lowest BCUT2D eigenvalue weighted by molar-refractivity contribution is -0.140. The summed E-state index contributed by atoms with van der Waals surface area (Å²) in [5, 5.41) is 11.1. The first kappa shape index (κ1) is 16.8. The Morgan fingerprint density at radius 2 is 2.00 bits per heavy atom. The first-order valence-corrected chi connectivity index (χ1v) is 9.30. The third-order valence-corrected chi connectivity index (χ3v) is 7.65. The van der Waals surface area contributed by atoms with E-state index in [4.69, 9.17) is 4.74 Å². The minimum absolute atomic E-state index is 0.0705. The van der Waals surface area contributed by atoms with E-state index in [-0.39, 0.29) is 29.0 Å². The van der Waals surface area contributed by atoms with Crippen molar-refractivity contribution in [2.75, 3.05) is 7.11 Å². The summed E-state index contributed by atoms with van der Waals surface area (Å²) >= 11 is 0. The Balaban J connectivity index is 1.81. The molecule has 3 nitrogen and oxygen atoms in total. The summed E-state index contributed by atoms with van der Waals surface area (Å²) in [5.74, 6) is 1.60. The highest BCUT2D eigenvalue weighted by atomic mass is 16.5. The van der Waals surface area contributed by atoms with Gasteiger partial charge in [-0.2, -0.15) is 0 Å². The molecule has 0 amide bonds. The number of Topliss-reactive ketones (excluding diaryl/α,β-unsaturated/α-hetero) is 1. The molecule has 0 aliphatic heterocycles. The van der Waals surface area contributed by atoms with Gasteiger partial charge in [-0.25, -0.2) is 0 Å². The van der Waals surface area contributed by atoms with E-state index in [9.17, 15) is 9.90 Å². The second kappa shape index (κ2) is 5.20. The molecule has 4 aliphatic rings. The summed E-state index contributed by atoms with van der Waals surface area (Å²) in [6, 6.07) is 0. The summed E-state index contributed by atoms with van der Waals surface area (Å²) in [7, 11) is 1.72. The van der Waals surface area contributed by atoms with Gasteiger partial charge in [-0.05, 0) is 53.7 Å². The largest absolute Gasteiger partial charge is 0.501 e. The lowest BCUT2D eigenvalue weighted by atomic mass is 9.47. The van der Waals surface area contributed by atoms with Crippen LogP contribution in [0.15, 0.2) is 47.8 Å². The Labute approximate surface area is 150 Å². The molecule has 3 heteroatoms. The predicted molar refractivity (Wildman–Crippen MR) is 97.6 cm³/mol. The summed E-state index contributed by atoms with van der Waals surface area (Å²) in [5.41, 5.74) is 2.15. The molecule has 134 valence electrons. The molecule has 0 aromatic heterocycles. The van der Waals surface area contributed by atoms with Crippen LogP contribution in [0.3, 0.4) is 0 Å². The molecule has 4 aliphatic carbocycles. The molecule has 0 aromatic carbocycles. The summed E-state index contributed by atoms with van der Waals surface area (Å²) in [4.78, 5) is 12.8. The third kappa shape index (κ3) is 1.99. The first-order chi connectivity index (χ1) is 11.7. The molecule has 0 radical (unpaired) electrons. The topological polar surface area (TPSA) is 46.5 Å². The van der Waals surface area contributed by atoms with Gasteiger partial charge < -0.3 is 9.84 Å². The molecule has 1 N–H and O–H groups in total. The number of carbonyl (C=O) groups is 1. The van der Waals surface area contributed by atoms with Crippen LogP contribution in [0.4, 0.5) is 0 Å². The summed E-state index contributed by atoms with van der Waals surface area (Å²) < 4.78 is 5.47. The van der Waals surface area contributed by atoms with Crippen LogP contribution in [0.5, 0.6) is 0 Å². The number of aliphatic hydroxyl groups is 1. The second-order valence-electron chi connectivity index (χ2n) is 8.82. The van der Waals surface area contributed by atoms with Gasteiger partial charge in [0.2, 0.25) is 0 Å². The maximum absolute atomic E-state index is 12.8. The van der Waals surface area contributed by atoms with E-state index in [1.54, 1.807) is 7.11 Å². The zero-order valence-electron chi connectivity index (χ0n) is 15.5. The molecule has 0 spiro atoms. The fourth-order valence-corrected chi connectivity index (χ4v) is 6.40. The Kier molecular flexibility index (Phi) is 3.50. The maximum atomic E-state index is 12.8. The van der Waals surface area contributed by atoms with Gasteiger partial charge in [-0.1, -0.05) is 33.1 Å². The molecule has 0 aromatic rings. The molecule has 25 heavy (non-hydrogen) atoms. The number of carbonyl (C=O) groups excluding carboxylic acids is 1. The molecule has 4 rings (SSSR count). The van der Waals surface area contributed by atoms with Gasteiger partial charge in [0.05, 0.1) is 19.0 Å². The van der Waals surface area contributed by atoms with Gasteiger partial charge in [0, 0.05) is 23.3 Å². The van der Waals surface area contributed by atoms with Crippen LogP contribution < -0.4 is 0 Å². The zero-order chi connectivity index (χ0) is 18.1. The monoisotopic (exact) mass is 340 g/mol. The van der Waals surface area contributed by atoms with Crippen LogP contribution in [-0.4, -0.2) is 24.1 Å². The lowest BCUT2D eigenvalue weighted by Gasteiger charge is -2.57. The fourth-order valence-electron chi connectivity index (χ4n) is 6.40. The van der Waals surface area contributed by atoms with Crippen LogP contribution in [0.25, 0.3) is 0 Å². The standard InChI is InChI=1S/C22H28O3/c1-12-13(2)20(24)22(4)11-17(23)19-16(18(12)22)7-6-14-10-15(25-5)8-9-21(14,19)3/h6,10,16-19,23H,1-2,7-9,11H2,3-5H3/t16-,17?,18-,19-,21-,22-/m0/s1. The van der Waals surface area contributed by atoms with Crippen LogP contribution >= 0.6 is 0 Å². The van der Waals surface area contributed by atoms with Crippen LogP contribution in [-0.2, 0) is 9.53 Å². The predicted octanol–water partition coefficient (Wildman–Crippen LogP) is 3.96. The first-order valence-electron chi connectivity index (χ1n) is 9.30. The number of aliphatic hydroxyl groups excluding tert-OH is 1. The summed E-state index contributed by atoms with van der Waals surface area (Å²) in [6.45, 7) is 12.5. The number of ether oxygens (including phenoxy) is 1. The van der Waals surface area contributed by atoms with Crippen molar-refractivity contribution < 1.29 is 14.6 Å². The average Bonchev–Trinajstić information content (AvgIpc) is 2.74. The molecule has 0 bridgehead atoms. The van der Waals surface area contributed by atoms with Crippen LogP contribution in [0, 0.1) is 28.6 Å².